The summed E-state index contributed by atoms with van der Waals surface area (Å²) in [7, 11) is 0. The molecular formula is C23H17ClN2O2S. The molecule has 1 saturated heterocycles. The molecule has 1 N–H and O–H groups in total. The number of nitrogens with one attached hydrogen (secondary N) is 1. The van der Waals surface area contributed by atoms with E-state index in [1.165, 1.54) is 11.8 Å². The molecule has 3 aromatic carbocycles. The number of amidine groups is 1. The average molecular weight is 421 g/mol. The lowest BCUT2D eigenvalue weighted by Crippen LogP contribution is -2.19. The number of hydrogen-bond acceptors (Lipinski definition) is 4. The van der Waals surface area contributed by atoms with E-state index < -0.39 is 0 Å². The topological polar surface area (TPSA) is 50.7 Å². The first-order valence-corrected chi connectivity index (χ1v) is 10.2. The van der Waals surface area contributed by atoms with Crippen molar-refractivity contribution in [2.24, 2.45) is 4.99 Å². The zero-order valence-electron chi connectivity index (χ0n) is 15.3. The van der Waals surface area contributed by atoms with Crippen molar-refractivity contribution in [1.82, 2.24) is 5.32 Å². The second-order valence-corrected chi connectivity index (χ2v) is 7.77. The van der Waals surface area contributed by atoms with Gasteiger partial charge in [0.25, 0.3) is 5.91 Å². The van der Waals surface area contributed by atoms with Gasteiger partial charge < -0.3 is 10.1 Å². The molecule has 0 atom stereocenters. The van der Waals surface area contributed by atoms with E-state index in [0.29, 0.717) is 21.7 Å². The second-order valence-electron chi connectivity index (χ2n) is 6.30. The number of aliphatic imine (C=N–C) groups is 1. The SMILES string of the molecule is O=C1NC(=Nc2ccccc2)S/C1=C\c1ccc(OCc2cccc(Cl)c2)cc1. The van der Waals surface area contributed by atoms with Crippen molar-refractivity contribution >= 4 is 46.2 Å². The number of rotatable bonds is 5. The summed E-state index contributed by atoms with van der Waals surface area (Å²) in [5, 5.41) is 4.07. The van der Waals surface area contributed by atoms with Crippen molar-refractivity contribution in [3.63, 3.8) is 0 Å². The average Bonchev–Trinajstić information content (AvgIpc) is 3.07. The Bertz CT molecular complexity index is 1080. The largest absolute Gasteiger partial charge is 0.489 e. The highest BCUT2D eigenvalue weighted by Crippen LogP contribution is 2.28. The van der Waals surface area contributed by atoms with Crippen molar-refractivity contribution in [2.75, 3.05) is 0 Å². The van der Waals surface area contributed by atoms with E-state index >= 15 is 0 Å². The maximum Gasteiger partial charge on any atom is 0.264 e. The minimum atomic E-state index is -0.147. The van der Waals surface area contributed by atoms with Crippen LogP contribution in [0.5, 0.6) is 5.75 Å². The van der Waals surface area contributed by atoms with Crippen molar-refractivity contribution < 1.29 is 9.53 Å². The van der Waals surface area contributed by atoms with E-state index in [0.717, 1.165) is 22.6 Å². The lowest BCUT2D eigenvalue weighted by atomic mass is 10.2. The summed E-state index contributed by atoms with van der Waals surface area (Å²) in [5.41, 5.74) is 2.73. The number of para-hydroxylation sites is 1. The van der Waals surface area contributed by atoms with Gasteiger partial charge in [-0.15, -0.1) is 0 Å². The Morgan fingerprint density at radius 1 is 1.00 bits per heavy atom. The van der Waals surface area contributed by atoms with Gasteiger partial charge in [0, 0.05) is 5.02 Å². The number of halogens is 1. The van der Waals surface area contributed by atoms with Crippen LogP contribution in [-0.2, 0) is 11.4 Å². The lowest BCUT2D eigenvalue weighted by Gasteiger charge is -2.07. The van der Waals surface area contributed by atoms with Gasteiger partial charge >= 0.3 is 0 Å². The lowest BCUT2D eigenvalue weighted by molar-refractivity contribution is -0.115. The molecule has 1 fully saturated rings. The fourth-order valence-corrected chi connectivity index (χ4v) is 3.76. The zero-order valence-corrected chi connectivity index (χ0v) is 16.9. The van der Waals surface area contributed by atoms with E-state index in [1.807, 2.05) is 84.9 Å². The number of hydrogen-bond donors (Lipinski definition) is 1. The minimum Gasteiger partial charge on any atom is -0.489 e. The Morgan fingerprint density at radius 2 is 1.79 bits per heavy atom. The van der Waals surface area contributed by atoms with Gasteiger partial charge in [-0.3, -0.25) is 4.79 Å². The molecule has 0 unspecified atom stereocenters. The van der Waals surface area contributed by atoms with Gasteiger partial charge in [-0.2, -0.15) is 0 Å². The van der Waals surface area contributed by atoms with Gasteiger partial charge in [-0.05, 0) is 65.4 Å². The Hall–Kier alpha value is -3.02. The van der Waals surface area contributed by atoms with E-state index in [1.54, 1.807) is 0 Å². The summed E-state index contributed by atoms with van der Waals surface area (Å²) in [5.74, 6) is 0.605. The predicted octanol–water partition coefficient (Wildman–Crippen LogP) is 5.81. The summed E-state index contributed by atoms with van der Waals surface area (Å²) in [4.78, 5) is 17.3. The van der Waals surface area contributed by atoms with E-state index in [-0.39, 0.29) is 5.91 Å². The van der Waals surface area contributed by atoms with Gasteiger partial charge in [-0.1, -0.05) is 54.1 Å². The maximum atomic E-state index is 12.2. The van der Waals surface area contributed by atoms with Crippen molar-refractivity contribution in [3.8, 4) is 5.75 Å². The van der Waals surface area contributed by atoms with Crippen LogP contribution in [0.3, 0.4) is 0 Å². The van der Waals surface area contributed by atoms with Crippen LogP contribution < -0.4 is 10.1 Å². The Balaban J connectivity index is 1.40. The van der Waals surface area contributed by atoms with Crippen LogP contribution in [0.1, 0.15) is 11.1 Å². The molecule has 0 aromatic heterocycles. The van der Waals surface area contributed by atoms with Gasteiger partial charge in [0.1, 0.15) is 12.4 Å². The Labute approximate surface area is 178 Å². The highest BCUT2D eigenvalue weighted by Gasteiger charge is 2.23. The monoisotopic (exact) mass is 420 g/mol. The summed E-state index contributed by atoms with van der Waals surface area (Å²) in [6.07, 6.45) is 1.84. The molecule has 3 aromatic rings. The minimum absolute atomic E-state index is 0.147. The van der Waals surface area contributed by atoms with Crippen molar-refractivity contribution in [1.29, 1.82) is 0 Å². The smallest absolute Gasteiger partial charge is 0.264 e. The molecule has 0 radical (unpaired) electrons. The van der Waals surface area contributed by atoms with Crippen LogP contribution in [0.4, 0.5) is 5.69 Å². The number of amides is 1. The summed E-state index contributed by atoms with van der Waals surface area (Å²) in [6.45, 7) is 0.443. The van der Waals surface area contributed by atoms with Crippen LogP contribution in [0, 0.1) is 0 Å². The molecule has 0 bridgehead atoms. The highest BCUT2D eigenvalue weighted by molar-refractivity contribution is 8.18. The predicted molar refractivity (Wildman–Crippen MR) is 119 cm³/mol. The molecule has 1 aliphatic heterocycles. The number of nitrogens with zero attached hydrogens (tertiary/aromatic N) is 1. The van der Waals surface area contributed by atoms with Gasteiger partial charge in [0.05, 0.1) is 10.6 Å². The molecule has 0 aliphatic carbocycles. The first-order chi connectivity index (χ1) is 14.2. The number of carbonyl (C=O) groups is 1. The molecule has 1 heterocycles. The van der Waals surface area contributed by atoms with Gasteiger partial charge in [-0.25, -0.2) is 4.99 Å². The number of thioether (sulfide) groups is 1. The summed E-state index contributed by atoms with van der Waals surface area (Å²) < 4.78 is 5.79. The molecule has 1 aliphatic rings. The van der Waals surface area contributed by atoms with Crippen molar-refractivity contribution in [3.05, 3.63) is 99.9 Å². The fourth-order valence-electron chi connectivity index (χ4n) is 2.71. The first-order valence-electron chi connectivity index (χ1n) is 8.98. The number of benzene rings is 3. The maximum absolute atomic E-state index is 12.2. The molecule has 0 spiro atoms. The molecule has 29 heavy (non-hydrogen) atoms. The van der Waals surface area contributed by atoms with E-state index in [4.69, 9.17) is 16.3 Å². The number of ether oxygens (including phenoxy) is 1. The second kappa shape index (κ2) is 8.99. The summed E-state index contributed by atoms with van der Waals surface area (Å²) >= 11 is 7.32. The van der Waals surface area contributed by atoms with Crippen LogP contribution in [0.25, 0.3) is 6.08 Å². The van der Waals surface area contributed by atoms with Crippen molar-refractivity contribution in [2.45, 2.75) is 6.61 Å². The van der Waals surface area contributed by atoms with Gasteiger partial charge in [0.2, 0.25) is 0 Å². The van der Waals surface area contributed by atoms with Crippen LogP contribution in [-0.4, -0.2) is 11.1 Å². The molecular weight excluding hydrogens is 404 g/mol. The zero-order chi connectivity index (χ0) is 20.1. The van der Waals surface area contributed by atoms with E-state index in [2.05, 4.69) is 10.3 Å². The molecule has 4 nitrogen and oxygen atoms in total. The van der Waals surface area contributed by atoms with E-state index in [9.17, 15) is 4.79 Å². The Kier molecular flexibility index (Phi) is 5.98. The standard InChI is InChI=1S/C23H17ClN2O2S/c24-18-6-4-5-17(13-18)15-28-20-11-9-16(10-12-20)14-21-22(27)26-23(29-21)25-19-7-2-1-3-8-19/h1-14H,15H2,(H,25,26,27)/b21-14-. The third-order valence-electron chi connectivity index (χ3n) is 4.11. The first kappa shape index (κ1) is 19.3. The normalized spacial score (nSPS) is 16.2. The third kappa shape index (κ3) is 5.28. The quantitative estimate of drug-likeness (QED) is 0.530. The number of carbonyl (C=O) groups excluding carboxylic acids is 1. The summed E-state index contributed by atoms with van der Waals surface area (Å²) in [6, 6.07) is 24.7. The highest BCUT2D eigenvalue weighted by atomic mass is 35.5. The third-order valence-corrected chi connectivity index (χ3v) is 5.26. The van der Waals surface area contributed by atoms with Crippen LogP contribution in [0.15, 0.2) is 88.8 Å². The fraction of sp³-hybridized carbons (Fsp3) is 0.0435. The van der Waals surface area contributed by atoms with Crippen LogP contribution >= 0.6 is 23.4 Å². The van der Waals surface area contributed by atoms with Gasteiger partial charge in [0.15, 0.2) is 5.17 Å². The molecule has 4 rings (SSSR count). The molecule has 144 valence electrons. The van der Waals surface area contributed by atoms with Crippen LogP contribution in [0.2, 0.25) is 5.02 Å². The molecule has 1 amide bonds. The molecule has 0 saturated carbocycles. The Morgan fingerprint density at radius 3 is 2.55 bits per heavy atom. The molecule has 6 heteroatoms.